The van der Waals surface area contributed by atoms with Crippen LogP contribution < -0.4 is 5.32 Å². The number of H-pyrrole nitrogens is 1. The van der Waals surface area contributed by atoms with Gasteiger partial charge in [0, 0.05) is 23.2 Å². The third kappa shape index (κ3) is 3.18. The van der Waals surface area contributed by atoms with Crippen LogP contribution in [-0.2, 0) is 6.42 Å². The predicted octanol–water partition coefficient (Wildman–Crippen LogP) is 1.98. The lowest BCUT2D eigenvalue weighted by molar-refractivity contribution is 0.0929. The van der Waals surface area contributed by atoms with E-state index in [1.165, 1.54) is 6.92 Å². The van der Waals surface area contributed by atoms with Crippen LogP contribution in [0, 0.1) is 12.3 Å². The SMILES string of the molecule is CCCc1c(C(=O)NCC2(CO)CC2)[nH]c(C)c1C(C)=O. The molecule has 0 atom stereocenters. The van der Waals surface area contributed by atoms with Gasteiger partial charge in [0.25, 0.3) is 5.91 Å². The van der Waals surface area contributed by atoms with Crippen molar-refractivity contribution < 1.29 is 14.7 Å². The summed E-state index contributed by atoms with van der Waals surface area (Å²) in [5.41, 5.74) is 2.58. The first-order valence-electron chi connectivity index (χ1n) is 7.55. The molecule has 1 aromatic rings. The van der Waals surface area contributed by atoms with E-state index in [9.17, 15) is 14.7 Å². The Morgan fingerprint density at radius 1 is 1.38 bits per heavy atom. The molecule has 1 aromatic heterocycles. The summed E-state index contributed by atoms with van der Waals surface area (Å²) >= 11 is 0. The van der Waals surface area contributed by atoms with Gasteiger partial charge in [-0.25, -0.2) is 0 Å². The first kappa shape index (κ1) is 15.8. The van der Waals surface area contributed by atoms with Crippen molar-refractivity contribution in [3.63, 3.8) is 0 Å². The summed E-state index contributed by atoms with van der Waals surface area (Å²) in [5, 5.41) is 12.2. The Balaban J connectivity index is 2.19. The normalized spacial score (nSPS) is 15.8. The van der Waals surface area contributed by atoms with E-state index >= 15 is 0 Å². The van der Waals surface area contributed by atoms with Gasteiger partial charge in [0.05, 0.1) is 6.61 Å². The number of hydrogen-bond donors (Lipinski definition) is 3. The number of carbonyl (C=O) groups excluding carboxylic acids is 2. The summed E-state index contributed by atoms with van der Waals surface area (Å²) < 4.78 is 0. The standard InChI is InChI=1S/C16H24N2O3/c1-4-5-12-13(11(3)20)10(2)18-14(12)15(21)17-8-16(9-19)6-7-16/h18-19H,4-9H2,1-3H3,(H,17,21). The highest BCUT2D eigenvalue weighted by molar-refractivity contribution is 6.02. The first-order chi connectivity index (χ1) is 9.94. The number of aromatic amines is 1. The Bertz CT molecular complexity index is 556. The Morgan fingerprint density at radius 3 is 2.52 bits per heavy atom. The van der Waals surface area contributed by atoms with E-state index in [4.69, 9.17) is 0 Å². The van der Waals surface area contributed by atoms with Gasteiger partial charge in [-0.2, -0.15) is 0 Å². The molecule has 2 rings (SSSR count). The second-order valence-electron chi connectivity index (χ2n) is 6.13. The van der Waals surface area contributed by atoms with E-state index in [2.05, 4.69) is 10.3 Å². The van der Waals surface area contributed by atoms with Crippen molar-refractivity contribution in [3.05, 3.63) is 22.5 Å². The quantitative estimate of drug-likeness (QED) is 0.672. The molecular weight excluding hydrogens is 268 g/mol. The number of hydrogen-bond acceptors (Lipinski definition) is 3. The summed E-state index contributed by atoms with van der Waals surface area (Å²) in [6.07, 6.45) is 3.48. The molecule has 0 aliphatic heterocycles. The number of carbonyl (C=O) groups is 2. The van der Waals surface area contributed by atoms with Crippen LogP contribution >= 0.6 is 0 Å². The first-order valence-corrected chi connectivity index (χ1v) is 7.55. The van der Waals surface area contributed by atoms with Crippen molar-refractivity contribution in [3.8, 4) is 0 Å². The molecule has 1 saturated carbocycles. The molecule has 0 aromatic carbocycles. The average molecular weight is 292 g/mol. The van der Waals surface area contributed by atoms with Crippen molar-refractivity contribution >= 4 is 11.7 Å². The molecule has 0 saturated heterocycles. The van der Waals surface area contributed by atoms with Crippen LogP contribution in [-0.4, -0.2) is 34.9 Å². The smallest absolute Gasteiger partial charge is 0.268 e. The molecule has 3 N–H and O–H groups in total. The topological polar surface area (TPSA) is 82.2 Å². The lowest BCUT2D eigenvalue weighted by Crippen LogP contribution is -2.32. The summed E-state index contributed by atoms with van der Waals surface area (Å²) in [6, 6.07) is 0. The number of Topliss-reactive ketones (excluding diaryl/α,β-unsaturated/α-hetero) is 1. The zero-order valence-electron chi connectivity index (χ0n) is 13.0. The van der Waals surface area contributed by atoms with E-state index in [0.717, 1.165) is 30.5 Å². The Kier molecular flexibility index (Phi) is 4.52. The Labute approximate surface area is 125 Å². The molecule has 0 bridgehead atoms. The molecule has 5 nitrogen and oxygen atoms in total. The molecule has 5 heteroatoms. The number of amides is 1. The van der Waals surface area contributed by atoms with Crippen molar-refractivity contribution in [2.75, 3.05) is 13.2 Å². The molecule has 0 unspecified atom stereocenters. The van der Waals surface area contributed by atoms with Crippen molar-refractivity contribution in [1.82, 2.24) is 10.3 Å². The van der Waals surface area contributed by atoms with E-state index in [1.807, 2.05) is 13.8 Å². The monoisotopic (exact) mass is 292 g/mol. The molecule has 1 amide bonds. The predicted molar refractivity (Wildman–Crippen MR) is 80.6 cm³/mol. The third-order valence-corrected chi connectivity index (χ3v) is 4.29. The van der Waals surface area contributed by atoms with Gasteiger partial charge in [-0.15, -0.1) is 0 Å². The maximum absolute atomic E-state index is 12.4. The second-order valence-corrected chi connectivity index (χ2v) is 6.13. The lowest BCUT2D eigenvalue weighted by Gasteiger charge is -2.13. The molecule has 21 heavy (non-hydrogen) atoms. The van der Waals surface area contributed by atoms with Gasteiger partial charge in [-0.05, 0) is 38.7 Å². The van der Waals surface area contributed by atoms with Crippen molar-refractivity contribution in [2.24, 2.45) is 5.41 Å². The van der Waals surface area contributed by atoms with Gasteiger partial charge in [0.2, 0.25) is 0 Å². The van der Waals surface area contributed by atoms with Crippen LogP contribution in [0.2, 0.25) is 0 Å². The van der Waals surface area contributed by atoms with Crippen molar-refractivity contribution in [2.45, 2.75) is 46.5 Å². The molecule has 1 heterocycles. The molecular formula is C16H24N2O3. The molecule has 1 fully saturated rings. The highest BCUT2D eigenvalue weighted by atomic mass is 16.3. The molecule has 1 aliphatic carbocycles. The molecule has 0 spiro atoms. The lowest BCUT2D eigenvalue weighted by atomic mass is 10.0. The van der Waals surface area contributed by atoms with Gasteiger partial charge in [0.15, 0.2) is 5.78 Å². The minimum atomic E-state index is -0.186. The van der Waals surface area contributed by atoms with Crippen LogP contribution in [0.1, 0.15) is 65.2 Å². The van der Waals surface area contributed by atoms with Gasteiger partial charge in [-0.1, -0.05) is 13.3 Å². The number of aryl methyl sites for hydroxylation is 1. The highest BCUT2D eigenvalue weighted by Crippen LogP contribution is 2.44. The van der Waals surface area contributed by atoms with Crippen LogP contribution in [0.25, 0.3) is 0 Å². The number of nitrogens with one attached hydrogen (secondary N) is 2. The number of aliphatic hydroxyl groups is 1. The molecule has 1 aliphatic rings. The maximum Gasteiger partial charge on any atom is 0.268 e. The van der Waals surface area contributed by atoms with Gasteiger partial charge < -0.3 is 15.4 Å². The zero-order valence-corrected chi connectivity index (χ0v) is 13.0. The zero-order chi connectivity index (χ0) is 15.6. The number of rotatable bonds is 7. The maximum atomic E-state index is 12.4. The van der Waals surface area contributed by atoms with Crippen LogP contribution in [0.5, 0.6) is 0 Å². The van der Waals surface area contributed by atoms with Gasteiger partial charge in [0.1, 0.15) is 5.69 Å². The molecule has 0 radical (unpaired) electrons. The van der Waals surface area contributed by atoms with Crippen molar-refractivity contribution in [1.29, 1.82) is 0 Å². The second kappa shape index (κ2) is 6.02. The Hall–Kier alpha value is -1.62. The van der Waals surface area contributed by atoms with Crippen LogP contribution in [0.15, 0.2) is 0 Å². The summed E-state index contributed by atoms with van der Waals surface area (Å²) in [7, 11) is 0. The largest absolute Gasteiger partial charge is 0.396 e. The minimum Gasteiger partial charge on any atom is -0.396 e. The van der Waals surface area contributed by atoms with E-state index in [-0.39, 0.29) is 23.7 Å². The van der Waals surface area contributed by atoms with E-state index < -0.39 is 0 Å². The third-order valence-electron chi connectivity index (χ3n) is 4.29. The fourth-order valence-corrected chi connectivity index (χ4v) is 2.77. The average Bonchev–Trinajstić information content (AvgIpc) is 3.15. The number of aliphatic hydroxyl groups excluding tert-OH is 1. The summed E-state index contributed by atoms with van der Waals surface area (Å²) in [4.78, 5) is 27.2. The fourth-order valence-electron chi connectivity index (χ4n) is 2.77. The number of aromatic nitrogens is 1. The van der Waals surface area contributed by atoms with Gasteiger partial charge >= 0.3 is 0 Å². The minimum absolute atomic E-state index is 0.0136. The Morgan fingerprint density at radius 2 is 2.05 bits per heavy atom. The number of ketones is 1. The van der Waals surface area contributed by atoms with E-state index in [1.54, 1.807) is 0 Å². The summed E-state index contributed by atoms with van der Waals surface area (Å²) in [6.45, 7) is 5.97. The van der Waals surface area contributed by atoms with Gasteiger partial charge in [-0.3, -0.25) is 9.59 Å². The van der Waals surface area contributed by atoms with Crippen LogP contribution in [0.3, 0.4) is 0 Å². The highest BCUT2D eigenvalue weighted by Gasteiger charge is 2.42. The van der Waals surface area contributed by atoms with Crippen LogP contribution in [0.4, 0.5) is 0 Å². The summed E-state index contributed by atoms with van der Waals surface area (Å²) in [5.74, 6) is -0.200. The molecule has 116 valence electrons. The van der Waals surface area contributed by atoms with E-state index in [0.29, 0.717) is 24.2 Å². The fraction of sp³-hybridized carbons (Fsp3) is 0.625.